The van der Waals surface area contributed by atoms with Crippen LogP contribution in [0.15, 0.2) is 29.7 Å². The molecule has 0 saturated heterocycles. The summed E-state index contributed by atoms with van der Waals surface area (Å²) in [7, 11) is -2.19. The molecule has 2 aromatic heterocycles. The fourth-order valence-electron chi connectivity index (χ4n) is 1.29. The number of hydrogen-bond donors (Lipinski definition) is 1. The van der Waals surface area contributed by atoms with E-state index < -0.39 is 10.0 Å². The third-order valence-corrected chi connectivity index (χ3v) is 4.18. The molecule has 0 spiro atoms. The Labute approximate surface area is 109 Å². The van der Waals surface area contributed by atoms with Crippen LogP contribution in [-0.4, -0.2) is 39.7 Å². The van der Waals surface area contributed by atoms with Crippen molar-refractivity contribution in [2.45, 2.75) is 11.4 Å². The maximum absolute atomic E-state index is 12.1. The van der Waals surface area contributed by atoms with E-state index in [9.17, 15) is 8.42 Å². The van der Waals surface area contributed by atoms with Crippen molar-refractivity contribution >= 4 is 21.6 Å². The summed E-state index contributed by atoms with van der Waals surface area (Å²) >= 11 is 5.51. The number of rotatable bonds is 4. The van der Waals surface area contributed by atoms with Gasteiger partial charge in [-0.3, -0.25) is 0 Å². The smallest absolute Gasteiger partial charge is 0.246 e. The number of aromatic nitrogens is 4. The van der Waals surface area contributed by atoms with Crippen LogP contribution in [0, 0.1) is 0 Å². The maximum Gasteiger partial charge on any atom is 0.246 e. The molecule has 0 bridgehead atoms. The van der Waals surface area contributed by atoms with Gasteiger partial charge in [0.2, 0.25) is 15.3 Å². The van der Waals surface area contributed by atoms with Crippen LogP contribution in [0.5, 0.6) is 0 Å². The lowest BCUT2D eigenvalue weighted by atomic mass is 10.6. The molecule has 2 rings (SSSR count). The second kappa shape index (κ2) is 5.01. The van der Waals surface area contributed by atoms with Crippen LogP contribution in [0.25, 0.3) is 0 Å². The van der Waals surface area contributed by atoms with Crippen molar-refractivity contribution in [3.8, 4) is 0 Å². The molecule has 0 atom stereocenters. The molecule has 0 saturated carbocycles. The molecule has 2 heterocycles. The van der Waals surface area contributed by atoms with Crippen molar-refractivity contribution in [1.29, 1.82) is 0 Å². The zero-order chi connectivity index (χ0) is 13.2. The quantitative estimate of drug-likeness (QED) is 0.835. The van der Waals surface area contributed by atoms with Crippen LogP contribution in [0.4, 0.5) is 0 Å². The standard InChI is InChI=1S/C9H10ClN5O2S/c1-15(6-8-11-2-3-12-8)18(16,17)7-4-13-9(10)14-5-7/h2-5H,6H2,1H3,(H,11,12). The minimum absolute atomic E-state index is 0.00244. The van der Waals surface area contributed by atoms with Crippen molar-refractivity contribution < 1.29 is 8.42 Å². The van der Waals surface area contributed by atoms with Crippen LogP contribution in [-0.2, 0) is 16.6 Å². The molecule has 0 amide bonds. The van der Waals surface area contributed by atoms with Gasteiger partial charge in [-0.25, -0.2) is 23.4 Å². The Balaban J connectivity index is 2.22. The van der Waals surface area contributed by atoms with Crippen LogP contribution < -0.4 is 0 Å². The Morgan fingerprint density at radius 3 is 2.56 bits per heavy atom. The number of nitrogens with one attached hydrogen (secondary N) is 1. The summed E-state index contributed by atoms with van der Waals surface area (Å²) in [5, 5.41) is 0.00244. The molecule has 0 fully saturated rings. The highest BCUT2D eigenvalue weighted by Gasteiger charge is 2.22. The Hall–Kier alpha value is -1.51. The minimum Gasteiger partial charge on any atom is -0.347 e. The van der Waals surface area contributed by atoms with Crippen LogP contribution in [0.1, 0.15) is 5.82 Å². The highest BCUT2D eigenvalue weighted by molar-refractivity contribution is 7.89. The zero-order valence-corrected chi connectivity index (χ0v) is 11.0. The van der Waals surface area contributed by atoms with Gasteiger partial charge in [0, 0.05) is 19.4 Å². The fourth-order valence-corrected chi connectivity index (χ4v) is 2.42. The molecule has 0 aliphatic rings. The summed E-state index contributed by atoms with van der Waals surface area (Å²) in [5.41, 5.74) is 0. The zero-order valence-electron chi connectivity index (χ0n) is 9.41. The van der Waals surface area contributed by atoms with Crippen molar-refractivity contribution in [1.82, 2.24) is 24.2 Å². The molecule has 0 radical (unpaired) electrons. The van der Waals surface area contributed by atoms with Crippen LogP contribution in [0.2, 0.25) is 5.28 Å². The van der Waals surface area contributed by atoms with E-state index in [1.54, 1.807) is 12.4 Å². The number of sulfonamides is 1. The van der Waals surface area contributed by atoms with E-state index in [1.165, 1.54) is 19.4 Å². The third-order valence-electron chi connectivity index (χ3n) is 2.23. The lowest BCUT2D eigenvalue weighted by molar-refractivity contribution is 0.457. The van der Waals surface area contributed by atoms with Gasteiger partial charge in [-0.15, -0.1) is 0 Å². The number of imidazole rings is 1. The van der Waals surface area contributed by atoms with Gasteiger partial charge in [-0.2, -0.15) is 4.31 Å². The second-order valence-electron chi connectivity index (χ2n) is 3.48. The molecule has 0 unspecified atom stereocenters. The van der Waals surface area contributed by atoms with E-state index in [-0.39, 0.29) is 16.7 Å². The molecular formula is C9H10ClN5O2S. The Morgan fingerprint density at radius 2 is 2.00 bits per heavy atom. The predicted octanol–water partition coefficient (Wildman–Crippen LogP) is 0.674. The Bertz CT molecular complexity index is 611. The highest BCUT2D eigenvalue weighted by Crippen LogP contribution is 2.14. The van der Waals surface area contributed by atoms with Gasteiger partial charge >= 0.3 is 0 Å². The monoisotopic (exact) mass is 287 g/mol. The van der Waals surface area contributed by atoms with Gasteiger partial charge in [0.25, 0.3) is 0 Å². The minimum atomic E-state index is -3.64. The summed E-state index contributed by atoms with van der Waals surface area (Å²) in [6.45, 7) is 0.137. The van der Waals surface area contributed by atoms with Crippen molar-refractivity contribution in [2.24, 2.45) is 0 Å². The van der Waals surface area contributed by atoms with E-state index in [0.717, 1.165) is 4.31 Å². The van der Waals surface area contributed by atoms with E-state index in [0.29, 0.717) is 5.82 Å². The van der Waals surface area contributed by atoms with Crippen molar-refractivity contribution in [2.75, 3.05) is 7.05 Å². The summed E-state index contributed by atoms with van der Waals surface area (Å²) in [5.74, 6) is 0.552. The average molecular weight is 288 g/mol. The third kappa shape index (κ3) is 2.66. The molecule has 0 aliphatic heterocycles. The molecule has 0 aromatic carbocycles. The average Bonchev–Trinajstić information content (AvgIpc) is 2.82. The normalized spacial score (nSPS) is 11.9. The van der Waals surface area contributed by atoms with Crippen LogP contribution in [0.3, 0.4) is 0 Å². The first kappa shape index (κ1) is 12.9. The lowest BCUT2D eigenvalue weighted by Crippen LogP contribution is -2.27. The van der Waals surface area contributed by atoms with Gasteiger partial charge < -0.3 is 4.98 Å². The topological polar surface area (TPSA) is 91.8 Å². The van der Waals surface area contributed by atoms with Crippen molar-refractivity contribution in [3.63, 3.8) is 0 Å². The largest absolute Gasteiger partial charge is 0.347 e. The first-order chi connectivity index (χ1) is 8.50. The van der Waals surface area contributed by atoms with Gasteiger partial charge in [0.1, 0.15) is 10.7 Å². The first-order valence-electron chi connectivity index (χ1n) is 4.92. The Kier molecular flexibility index (Phi) is 3.60. The number of aromatic amines is 1. The molecule has 9 heteroatoms. The molecule has 2 aromatic rings. The summed E-state index contributed by atoms with van der Waals surface area (Å²) in [6.07, 6.45) is 5.52. The summed E-state index contributed by atoms with van der Waals surface area (Å²) < 4.78 is 25.4. The maximum atomic E-state index is 12.1. The number of nitrogens with zero attached hydrogens (tertiary/aromatic N) is 4. The van der Waals surface area contributed by atoms with E-state index in [4.69, 9.17) is 11.6 Å². The summed E-state index contributed by atoms with van der Waals surface area (Å²) in [4.78, 5) is 14.1. The van der Waals surface area contributed by atoms with Gasteiger partial charge in [-0.05, 0) is 11.6 Å². The van der Waals surface area contributed by atoms with E-state index in [2.05, 4.69) is 19.9 Å². The molecule has 0 aliphatic carbocycles. The molecule has 96 valence electrons. The van der Waals surface area contributed by atoms with Crippen molar-refractivity contribution in [3.05, 3.63) is 35.9 Å². The molecule has 7 nitrogen and oxygen atoms in total. The second-order valence-corrected chi connectivity index (χ2v) is 5.87. The highest BCUT2D eigenvalue weighted by atomic mass is 35.5. The summed E-state index contributed by atoms with van der Waals surface area (Å²) in [6, 6.07) is 0. The van der Waals surface area contributed by atoms with Gasteiger partial charge in [-0.1, -0.05) is 0 Å². The van der Waals surface area contributed by atoms with Gasteiger partial charge in [0.15, 0.2) is 0 Å². The van der Waals surface area contributed by atoms with E-state index >= 15 is 0 Å². The number of hydrogen-bond acceptors (Lipinski definition) is 5. The van der Waals surface area contributed by atoms with E-state index in [1.807, 2.05) is 0 Å². The van der Waals surface area contributed by atoms with Crippen LogP contribution >= 0.6 is 11.6 Å². The molecule has 18 heavy (non-hydrogen) atoms. The predicted molar refractivity (Wildman–Crippen MR) is 64.3 cm³/mol. The number of H-pyrrole nitrogens is 1. The fraction of sp³-hybridized carbons (Fsp3) is 0.222. The Morgan fingerprint density at radius 1 is 1.33 bits per heavy atom. The van der Waals surface area contributed by atoms with Gasteiger partial charge in [0.05, 0.1) is 18.9 Å². The first-order valence-corrected chi connectivity index (χ1v) is 6.74. The molecular weight excluding hydrogens is 278 g/mol. The SMILES string of the molecule is CN(Cc1ncc[nH]1)S(=O)(=O)c1cnc(Cl)nc1. The number of halogens is 1. The molecule has 1 N–H and O–H groups in total. The lowest BCUT2D eigenvalue weighted by Gasteiger charge is -2.15.